The van der Waals surface area contributed by atoms with E-state index in [0.717, 1.165) is 39.1 Å². The third kappa shape index (κ3) is 5.47. The lowest BCUT2D eigenvalue weighted by Crippen LogP contribution is -2.03. The molecule has 0 aliphatic rings. The largest absolute Gasteiger partial charge is 0.399 e. The van der Waals surface area contributed by atoms with Crippen molar-refractivity contribution in [1.29, 1.82) is 0 Å². The molecule has 3 rings (SSSR count). The normalized spacial score (nSPS) is 10.1. The quantitative estimate of drug-likeness (QED) is 0.242. The van der Waals surface area contributed by atoms with Crippen molar-refractivity contribution in [3.8, 4) is 16.9 Å². The van der Waals surface area contributed by atoms with Crippen molar-refractivity contribution in [2.75, 3.05) is 11.5 Å². The Morgan fingerprint density at radius 2 is 1.33 bits per heavy atom. The van der Waals surface area contributed by atoms with Crippen molar-refractivity contribution in [3.63, 3.8) is 0 Å². The standard InChI is InChI=1S/C16H20N2O2.C9H12.ClH/c1-8-10(3)16(18)11(4)9(2)15(8)13-6-5-12(17)7-14(13)20-19;1-8(2)9-6-4-3-5-7-9;/h5-7,19H,17-18H2,1-4H3;3-8H,1-2H3;1H. The molecule has 0 heterocycles. The van der Waals surface area contributed by atoms with Crippen LogP contribution in [0.25, 0.3) is 11.1 Å². The van der Waals surface area contributed by atoms with Crippen molar-refractivity contribution in [3.05, 3.63) is 76.3 Å². The summed E-state index contributed by atoms with van der Waals surface area (Å²) in [7, 11) is 0. The summed E-state index contributed by atoms with van der Waals surface area (Å²) in [6.45, 7) is 12.4. The number of hydrogen-bond acceptors (Lipinski definition) is 4. The molecular weight excluding hydrogens is 396 g/mol. The van der Waals surface area contributed by atoms with Gasteiger partial charge in [0.1, 0.15) is 0 Å². The third-order valence-corrected chi connectivity index (χ3v) is 5.52. The zero-order valence-electron chi connectivity index (χ0n) is 18.6. The average molecular weight is 429 g/mol. The Kier molecular flexibility index (Phi) is 9.22. The van der Waals surface area contributed by atoms with Crippen LogP contribution in [0.5, 0.6) is 5.75 Å². The first-order chi connectivity index (χ1) is 13.7. The smallest absolute Gasteiger partial charge is 0.174 e. The monoisotopic (exact) mass is 428 g/mol. The second-order valence-electron chi connectivity index (χ2n) is 7.70. The van der Waals surface area contributed by atoms with Gasteiger partial charge in [0, 0.05) is 23.0 Å². The highest BCUT2D eigenvalue weighted by molar-refractivity contribution is 5.85. The van der Waals surface area contributed by atoms with E-state index in [2.05, 4.69) is 43.0 Å². The Balaban J connectivity index is 0.000000379. The van der Waals surface area contributed by atoms with Gasteiger partial charge in [-0.25, -0.2) is 5.26 Å². The Morgan fingerprint density at radius 1 is 0.800 bits per heavy atom. The van der Waals surface area contributed by atoms with Crippen molar-refractivity contribution in [2.24, 2.45) is 0 Å². The highest BCUT2D eigenvalue weighted by Crippen LogP contribution is 2.40. The fourth-order valence-corrected chi connectivity index (χ4v) is 3.40. The number of nitrogen functional groups attached to an aromatic ring is 2. The fraction of sp³-hybridized carbons (Fsp3) is 0.280. The maximum atomic E-state index is 9.10. The SMILES string of the molecule is CC(C)c1ccccc1.Cc1c(C)c(-c2ccc(N)cc2OO)c(C)c(C)c1N.Cl. The topological polar surface area (TPSA) is 81.5 Å². The molecule has 0 unspecified atom stereocenters. The van der Waals surface area contributed by atoms with E-state index in [1.807, 2.05) is 39.8 Å². The molecule has 0 radical (unpaired) electrons. The maximum absolute atomic E-state index is 9.10. The predicted molar refractivity (Wildman–Crippen MR) is 131 cm³/mol. The van der Waals surface area contributed by atoms with Gasteiger partial charge in [-0.3, -0.25) is 0 Å². The summed E-state index contributed by atoms with van der Waals surface area (Å²) < 4.78 is 0. The molecule has 0 saturated heterocycles. The molecule has 0 spiro atoms. The molecule has 0 saturated carbocycles. The van der Waals surface area contributed by atoms with Crippen molar-refractivity contribution < 1.29 is 10.1 Å². The van der Waals surface area contributed by atoms with Crippen molar-refractivity contribution >= 4 is 23.8 Å². The van der Waals surface area contributed by atoms with Gasteiger partial charge in [0.15, 0.2) is 5.75 Å². The van der Waals surface area contributed by atoms with E-state index < -0.39 is 0 Å². The first-order valence-corrected chi connectivity index (χ1v) is 9.81. The molecule has 5 heteroatoms. The van der Waals surface area contributed by atoms with Gasteiger partial charge in [-0.15, -0.1) is 12.4 Å². The summed E-state index contributed by atoms with van der Waals surface area (Å²) in [6, 6.07) is 15.8. The molecule has 4 nitrogen and oxygen atoms in total. The van der Waals surface area contributed by atoms with E-state index in [1.165, 1.54) is 5.56 Å². The molecule has 0 fully saturated rings. The second-order valence-corrected chi connectivity index (χ2v) is 7.70. The van der Waals surface area contributed by atoms with Crippen LogP contribution in [0.4, 0.5) is 11.4 Å². The molecule has 30 heavy (non-hydrogen) atoms. The minimum absolute atomic E-state index is 0. The summed E-state index contributed by atoms with van der Waals surface area (Å²) >= 11 is 0. The van der Waals surface area contributed by atoms with Crippen LogP contribution in [0.3, 0.4) is 0 Å². The molecule has 0 aliphatic heterocycles. The Morgan fingerprint density at radius 3 is 1.77 bits per heavy atom. The van der Waals surface area contributed by atoms with Crippen LogP contribution in [-0.4, -0.2) is 5.26 Å². The number of nitrogens with two attached hydrogens (primary N) is 2. The van der Waals surface area contributed by atoms with Crippen LogP contribution < -0.4 is 16.4 Å². The summed E-state index contributed by atoms with van der Waals surface area (Å²) in [5.74, 6) is 1.01. The molecule has 5 N–H and O–H groups in total. The number of halogens is 1. The van der Waals surface area contributed by atoms with Crippen LogP contribution in [0.1, 0.15) is 47.6 Å². The van der Waals surface area contributed by atoms with Crippen LogP contribution in [0.15, 0.2) is 48.5 Å². The molecule has 3 aromatic carbocycles. The number of benzene rings is 3. The van der Waals surface area contributed by atoms with Gasteiger partial charge in [-0.2, -0.15) is 0 Å². The lowest BCUT2D eigenvalue weighted by atomic mass is 9.88. The van der Waals surface area contributed by atoms with Crippen LogP contribution in [-0.2, 0) is 0 Å². The Bertz CT molecular complexity index is 957. The Hall–Kier alpha value is -2.69. The molecular formula is C25H33ClN2O2. The lowest BCUT2D eigenvalue weighted by Gasteiger charge is -2.19. The van der Waals surface area contributed by atoms with Gasteiger partial charge < -0.3 is 16.4 Å². The van der Waals surface area contributed by atoms with Crippen LogP contribution >= 0.6 is 12.4 Å². The maximum Gasteiger partial charge on any atom is 0.174 e. The summed E-state index contributed by atoms with van der Waals surface area (Å²) in [6.07, 6.45) is 0. The van der Waals surface area contributed by atoms with E-state index in [0.29, 0.717) is 17.4 Å². The van der Waals surface area contributed by atoms with E-state index in [1.54, 1.807) is 12.1 Å². The summed E-state index contributed by atoms with van der Waals surface area (Å²) in [5.41, 5.74) is 20.7. The minimum atomic E-state index is 0. The lowest BCUT2D eigenvalue weighted by molar-refractivity contribution is -0.137. The average Bonchev–Trinajstić information content (AvgIpc) is 2.73. The molecule has 0 aliphatic carbocycles. The predicted octanol–water partition coefficient (Wildman–Crippen LogP) is 6.84. The molecule has 0 bridgehead atoms. The van der Waals surface area contributed by atoms with Crippen molar-refractivity contribution in [2.45, 2.75) is 47.5 Å². The molecule has 162 valence electrons. The van der Waals surface area contributed by atoms with Gasteiger partial charge in [0.2, 0.25) is 0 Å². The van der Waals surface area contributed by atoms with Gasteiger partial charge in [-0.05, 0) is 79.1 Å². The highest BCUT2D eigenvalue weighted by Gasteiger charge is 2.17. The summed E-state index contributed by atoms with van der Waals surface area (Å²) in [5, 5.41) is 9.10. The van der Waals surface area contributed by atoms with Gasteiger partial charge >= 0.3 is 0 Å². The second kappa shape index (κ2) is 10.9. The molecule has 3 aromatic rings. The third-order valence-electron chi connectivity index (χ3n) is 5.52. The van der Waals surface area contributed by atoms with Crippen LogP contribution in [0.2, 0.25) is 0 Å². The highest BCUT2D eigenvalue weighted by atomic mass is 35.5. The number of hydrogen-bond donors (Lipinski definition) is 3. The van der Waals surface area contributed by atoms with E-state index in [4.69, 9.17) is 16.7 Å². The van der Waals surface area contributed by atoms with Gasteiger partial charge in [0.05, 0.1) is 0 Å². The van der Waals surface area contributed by atoms with Gasteiger partial charge in [0.25, 0.3) is 0 Å². The van der Waals surface area contributed by atoms with E-state index >= 15 is 0 Å². The first-order valence-electron chi connectivity index (χ1n) is 9.81. The molecule has 0 aromatic heterocycles. The zero-order chi connectivity index (χ0) is 21.7. The van der Waals surface area contributed by atoms with E-state index in [-0.39, 0.29) is 12.4 Å². The van der Waals surface area contributed by atoms with E-state index in [9.17, 15) is 0 Å². The van der Waals surface area contributed by atoms with Crippen LogP contribution in [0, 0.1) is 27.7 Å². The number of rotatable bonds is 3. The Labute approximate surface area is 186 Å². The van der Waals surface area contributed by atoms with Gasteiger partial charge in [-0.1, -0.05) is 44.2 Å². The first kappa shape index (κ1) is 25.3. The zero-order valence-corrected chi connectivity index (χ0v) is 19.4. The fourth-order valence-electron chi connectivity index (χ4n) is 3.40. The molecule has 0 atom stereocenters. The minimum Gasteiger partial charge on any atom is -0.399 e. The molecule has 0 amide bonds. The number of anilines is 2. The summed E-state index contributed by atoms with van der Waals surface area (Å²) in [4.78, 5) is 4.49. The van der Waals surface area contributed by atoms with Crippen molar-refractivity contribution in [1.82, 2.24) is 0 Å².